The normalized spacial score (nSPS) is 17.2. The van der Waals surface area contributed by atoms with Crippen LogP contribution in [-0.2, 0) is 20.6 Å². The van der Waals surface area contributed by atoms with E-state index in [9.17, 15) is 14.2 Å². The fraction of sp³-hybridized carbons (Fsp3) is 0.176. The van der Waals surface area contributed by atoms with Gasteiger partial charge in [-0.3, -0.25) is 9.59 Å². The molecule has 122 valence electrons. The first-order valence-corrected chi connectivity index (χ1v) is 8.66. The van der Waals surface area contributed by atoms with Crippen molar-refractivity contribution in [2.24, 2.45) is 0 Å². The van der Waals surface area contributed by atoms with Crippen LogP contribution < -0.4 is 15.5 Å². The highest BCUT2D eigenvalue weighted by Crippen LogP contribution is 2.23. The van der Waals surface area contributed by atoms with Crippen molar-refractivity contribution in [3.8, 4) is 0 Å². The van der Waals surface area contributed by atoms with Gasteiger partial charge in [-0.05, 0) is 34.4 Å². The molecule has 2 N–H and O–H groups in total. The monoisotopic (exact) mass is 343 g/mol. The average molecular weight is 343 g/mol. The lowest BCUT2D eigenvalue weighted by atomic mass is 10.1. The van der Waals surface area contributed by atoms with Crippen LogP contribution in [0.4, 0.5) is 5.69 Å². The molecule has 1 aliphatic rings. The predicted molar refractivity (Wildman–Crippen MR) is 90.3 cm³/mol. The summed E-state index contributed by atoms with van der Waals surface area (Å²) >= 11 is 0. The molecule has 2 aromatic rings. The third-order valence-electron chi connectivity index (χ3n) is 3.85. The van der Waals surface area contributed by atoms with Gasteiger partial charge in [-0.25, -0.2) is 0 Å². The molecule has 1 aliphatic heterocycles. The Bertz CT molecular complexity index is 777. The molecule has 1 unspecified atom stereocenters. The molecular formula is C17H16N2O4P+. The predicted octanol–water partition coefficient (Wildman–Crippen LogP) is 1.12. The van der Waals surface area contributed by atoms with Gasteiger partial charge in [0.1, 0.15) is 6.04 Å². The van der Waals surface area contributed by atoms with E-state index in [-0.39, 0.29) is 18.2 Å². The number of hydrogen-bond donors (Lipinski definition) is 2. The van der Waals surface area contributed by atoms with Gasteiger partial charge in [0.2, 0.25) is 11.2 Å². The van der Waals surface area contributed by atoms with Gasteiger partial charge < -0.3 is 10.2 Å². The number of hydrogen-bond acceptors (Lipinski definition) is 3. The van der Waals surface area contributed by atoms with E-state index in [1.807, 2.05) is 30.3 Å². The topological polar surface area (TPSA) is 86.7 Å². The second-order valence-corrected chi connectivity index (χ2v) is 6.58. The molecule has 0 aliphatic carbocycles. The largest absolute Gasteiger partial charge is 0.546 e. The summed E-state index contributed by atoms with van der Waals surface area (Å²) in [5.74, 6) is -0.371. The van der Waals surface area contributed by atoms with Gasteiger partial charge in [0, 0.05) is 5.69 Å². The number of nitrogens with one attached hydrogen (secondary N) is 1. The number of amides is 2. The average Bonchev–Trinajstić information content (AvgIpc) is 2.59. The van der Waals surface area contributed by atoms with E-state index in [4.69, 9.17) is 4.89 Å². The van der Waals surface area contributed by atoms with Gasteiger partial charge in [-0.1, -0.05) is 30.3 Å². The summed E-state index contributed by atoms with van der Waals surface area (Å²) in [6.45, 7) is 0.393. The van der Waals surface area contributed by atoms with Gasteiger partial charge >= 0.3 is 8.03 Å². The van der Waals surface area contributed by atoms with Gasteiger partial charge in [0.05, 0.1) is 13.0 Å². The van der Waals surface area contributed by atoms with Crippen molar-refractivity contribution in [1.82, 2.24) is 5.32 Å². The van der Waals surface area contributed by atoms with Crippen LogP contribution in [0, 0.1) is 0 Å². The zero-order chi connectivity index (χ0) is 17.1. The summed E-state index contributed by atoms with van der Waals surface area (Å²) in [4.78, 5) is 34.7. The van der Waals surface area contributed by atoms with E-state index in [1.165, 1.54) is 17.0 Å². The zero-order valence-corrected chi connectivity index (χ0v) is 13.6. The summed E-state index contributed by atoms with van der Waals surface area (Å²) in [6, 6.07) is 15.1. The molecule has 2 amide bonds. The number of β-lactam (4-membered cyclic amide) rings is 1. The number of benzene rings is 2. The van der Waals surface area contributed by atoms with Gasteiger partial charge in [-0.2, -0.15) is 4.89 Å². The number of carbonyl (C=O) groups excluding carboxylic acids is 2. The Labute approximate surface area is 140 Å². The Morgan fingerprint density at radius 3 is 2.42 bits per heavy atom. The second-order valence-electron chi connectivity index (χ2n) is 5.52. The molecule has 1 heterocycles. The minimum absolute atomic E-state index is 0.183. The van der Waals surface area contributed by atoms with Crippen molar-refractivity contribution < 1.29 is 19.0 Å². The molecule has 1 fully saturated rings. The van der Waals surface area contributed by atoms with Crippen LogP contribution in [0.2, 0.25) is 0 Å². The van der Waals surface area contributed by atoms with Crippen molar-refractivity contribution >= 4 is 30.8 Å². The van der Waals surface area contributed by atoms with Crippen molar-refractivity contribution in [1.29, 1.82) is 0 Å². The molecule has 1 saturated heterocycles. The Hall–Kier alpha value is -2.56. The maximum atomic E-state index is 12.2. The molecule has 0 spiro atoms. The summed E-state index contributed by atoms with van der Waals surface area (Å²) < 4.78 is 11.0. The van der Waals surface area contributed by atoms with Crippen molar-refractivity contribution in [3.63, 3.8) is 0 Å². The van der Waals surface area contributed by atoms with Crippen LogP contribution in [-0.4, -0.2) is 29.3 Å². The number of nitrogens with zero attached hydrogens (tertiary/aromatic N) is 1. The fourth-order valence-corrected chi connectivity index (χ4v) is 2.96. The molecular weight excluding hydrogens is 327 g/mol. The summed E-state index contributed by atoms with van der Waals surface area (Å²) in [5.41, 5.74) is 1.54. The summed E-state index contributed by atoms with van der Waals surface area (Å²) in [5, 5.41) is 3.04. The van der Waals surface area contributed by atoms with Crippen LogP contribution in [0.3, 0.4) is 0 Å². The van der Waals surface area contributed by atoms with Gasteiger partial charge in [-0.15, -0.1) is 0 Å². The lowest BCUT2D eigenvalue weighted by Gasteiger charge is -2.38. The number of carbonyl (C=O) groups is 2. The first kappa shape index (κ1) is 16.3. The molecule has 7 heteroatoms. The molecule has 0 radical (unpaired) electrons. The van der Waals surface area contributed by atoms with Crippen molar-refractivity contribution in [2.75, 3.05) is 11.4 Å². The quantitative estimate of drug-likeness (QED) is 0.629. The van der Waals surface area contributed by atoms with Gasteiger partial charge in [0.15, 0.2) is 0 Å². The van der Waals surface area contributed by atoms with E-state index in [1.54, 1.807) is 12.1 Å². The highest BCUT2D eigenvalue weighted by molar-refractivity contribution is 7.47. The van der Waals surface area contributed by atoms with E-state index >= 15 is 0 Å². The van der Waals surface area contributed by atoms with Crippen LogP contribution >= 0.6 is 8.03 Å². The number of anilines is 1. The lowest BCUT2D eigenvalue weighted by molar-refractivity contribution is -0.130. The van der Waals surface area contributed by atoms with Crippen LogP contribution in [0.5, 0.6) is 0 Å². The third-order valence-corrected chi connectivity index (χ3v) is 4.59. The Morgan fingerprint density at radius 2 is 1.83 bits per heavy atom. The smallest absolute Gasteiger partial charge is 0.342 e. The van der Waals surface area contributed by atoms with E-state index in [2.05, 4.69) is 5.32 Å². The molecule has 24 heavy (non-hydrogen) atoms. The summed E-state index contributed by atoms with van der Waals surface area (Å²) in [6.07, 6.45) is 0.239. The summed E-state index contributed by atoms with van der Waals surface area (Å²) in [7, 11) is -2.38. The van der Waals surface area contributed by atoms with Crippen LogP contribution in [0.25, 0.3) is 0 Å². The SMILES string of the molecule is O=C(Cc1ccccc1)N[C@H]1CN(c2ccc([P+](=O)O)cc2)C1=O. The maximum absolute atomic E-state index is 12.2. The fourth-order valence-electron chi connectivity index (χ4n) is 2.55. The molecule has 0 aromatic heterocycles. The van der Waals surface area contributed by atoms with Crippen molar-refractivity contribution in [3.05, 3.63) is 60.2 Å². The molecule has 2 atom stereocenters. The molecule has 2 aromatic carbocycles. The first-order valence-electron chi connectivity index (χ1n) is 7.45. The first-order chi connectivity index (χ1) is 11.5. The Kier molecular flexibility index (Phi) is 4.69. The van der Waals surface area contributed by atoms with Crippen LogP contribution in [0.15, 0.2) is 54.6 Å². The highest BCUT2D eigenvalue weighted by Gasteiger charge is 2.38. The van der Waals surface area contributed by atoms with E-state index in [0.29, 0.717) is 17.5 Å². The van der Waals surface area contributed by atoms with E-state index in [0.717, 1.165) is 5.56 Å². The zero-order valence-electron chi connectivity index (χ0n) is 12.8. The molecule has 0 saturated carbocycles. The molecule has 0 bridgehead atoms. The Morgan fingerprint density at radius 1 is 1.17 bits per heavy atom. The number of rotatable bonds is 5. The molecule has 6 nitrogen and oxygen atoms in total. The minimum atomic E-state index is -2.38. The minimum Gasteiger partial charge on any atom is -0.342 e. The van der Waals surface area contributed by atoms with Crippen molar-refractivity contribution in [2.45, 2.75) is 12.5 Å². The lowest BCUT2D eigenvalue weighted by Crippen LogP contribution is -2.64. The van der Waals surface area contributed by atoms with Crippen LogP contribution in [0.1, 0.15) is 5.56 Å². The maximum Gasteiger partial charge on any atom is 0.546 e. The molecule has 3 rings (SSSR count). The van der Waals surface area contributed by atoms with E-state index < -0.39 is 14.1 Å². The highest BCUT2D eigenvalue weighted by atomic mass is 31.1. The second kappa shape index (κ2) is 6.91. The third kappa shape index (κ3) is 3.50. The standard InChI is InChI=1S/C17H15N2O4P/c20-16(10-12-4-2-1-3-5-12)18-15-11-19(17(15)21)13-6-8-14(9-7-13)24(22)23/h1-9,15H,10-11H2,(H-,18,20,22,23)/p+1/t15-/m0/s1. The van der Waals surface area contributed by atoms with Gasteiger partial charge in [0.25, 0.3) is 5.91 Å². The Balaban J connectivity index is 1.55.